The van der Waals surface area contributed by atoms with Crippen molar-refractivity contribution < 1.29 is 14.3 Å². The van der Waals surface area contributed by atoms with E-state index in [0.717, 1.165) is 51.1 Å². The minimum absolute atomic E-state index is 0.108. The molecule has 2 aliphatic heterocycles. The number of ether oxygens (including phenoxy) is 1. The number of nitrogens with one attached hydrogen (secondary N) is 2. The van der Waals surface area contributed by atoms with Gasteiger partial charge in [0.2, 0.25) is 5.91 Å². The molecule has 2 heterocycles. The summed E-state index contributed by atoms with van der Waals surface area (Å²) in [5.41, 5.74) is 2.21. The number of nitrogens with zero attached hydrogens (tertiary/aromatic N) is 1. The topological polar surface area (TPSA) is 70.7 Å². The van der Waals surface area contributed by atoms with E-state index in [-0.39, 0.29) is 17.9 Å². The van der Waals surface area contributed by atoms with Crippen LogP contribution in [-0.2, 0) is 9.53 Å². The number of hydrogen-bond acceptors (Lipinski definition) is 4. The first kappa shape index (κ1) is 17.7. The summed E-state index contributed by atoms with van der Waals surface area (Å²) in [5, 5.41) is 5.76. The van der Waals surface area contributed by atoms with Crippen LogP contribution in [-0.4, -0.2) is 44.2 Å². The van der Waals surface area contributed by atoms with E-state index >= 15 is 0 Å². The van der Waals surface area contributed by atoms with Crippen LogP contribution in [0.4, 0.5) is 11.4 Å². The lowest BCUT2D eigenvalue weighted by atomic mass is 10.1. The van der Waals surface area contributed by atoms with Crippen LogP contribution in [0.15, 0.2) is 18.2 Å². The predicted molar refractivity (Wildman–Crippen MR) is 98.1 cm³/mol. The van der Waals surface area contributed by atoms with Gasteiger partial charge in [0.1, 0.15) is 0 Å². The molecule has 0 aliphatic carbocycles. The van der Waals surface area contributed by atoms with Crippen molar-refractivity contribution in [3.05, 3.63) is 23.8 Å². The van der Waals surface area contributed by atoms with Crippen molar-refractivity contribution in [3.8, 4) is 0 Å². The predicted octanol–water partition coefficient (Wildman–Crippen LogP) is 2.54. The Morgan fingerprint density at radius 1 is 1.20 bits per heavy atom. The molecular weight excluding hydrogens is 318 g/mol. The molecule has 2 aliphatic rings. The van der Waals surface area contributed by atoms with E-state index in [2.05, 4.69) is 15.5 Å². The van der Waals surface area contributed by atoms with Crippen molar-refractivity contribution >= 4 is 23.2 Å². The summed E-state index contributed by atoms with van der Waals surface area (Å²) in [5.74, 6) is -0.250. The second-order valence-electron chi connectivity index (χ2n) is 6.81. The molecule has 0 bridgehead atoms. The van der Waals surface area contributed by atoms with Crippen molar-refractivity contribution in [1.82, 2.24) is 5.32 Å². The normalized spacial score (nSPS) is 20.4. The van der Waals surface area contributed by atoms with Crippen molar-refractivity contribution in [3.63, 3.8) is 0 Å². The van der Waals surface area contributed by atoms with Crippen LogP contribution in [0.3, 0.4) is 0 Å². The molecule has 6 nitrogen and oxygen atoms in total. The molecular formula is C19H27N3O3. The van der Waals surface area contributed by atoms with Gasteiger partial charge in [-0.15, -0.1) is 0 Å². The molecule has 1 aromatic carbocycles. The summed E-state index contributed by atoms with van der Waals surface area (Å²) < 4.78 is 5.58. The van der Waals surface area contributed by atoms with Crippen LogP contribution in [0.25, 0.3) is 0 Å². The third kappa shape index (κ3) is 4.72. The quantitative estimate of drug-likeness (QED) is 0.860. The number of rotatable bonds is 5. The first-order valence-corrected chi connectivity index (χ1v) is 9.20. The molecule has 1 aromatic rings. The van der Waals surface area contributed by atoms with Gasteiger partial charge in [0, 0.05) is 44.5 Å². The van der Waals surface area contributed by atoms with Crippen molar-refractivity contribution in [2.45, 2.75) is 45.1 Å². The second-order valence-corrected chi connectivity index (χ2v) is 6.81. The molecule has 1 unspecified atom stereocenters. The van der Waals surface area contributed by atoms with Crippen LogP contribution in [0.5, 0.6) is 0 Å². The van der Waals surface area contributed by atoms with E-state index in [1.807, 2.05) is 12.1 Å². The first-order chi connectivity index (χ1) is 12.1. The van der Waals surface area contributed by atoms with Crippen molar-refractivity contribution in [1.29, 1.82) is 0 Å². The zero-order chi connectivity index (χ0) is 17.6. The van der Waals surface area contributed by atoms with Gasteiger partial charge in [0.15, 0.2) is 0 Å². The van der Waals surface area contributed by atoms with Crippen LogP contribution in [0.2, 0.25) is 0 Å². The fraction of sp³-hybridized carbons (Fsp3) is 0.579. The van der Waals surface area contributed by atoms with E-state index < -0.39 is 0 Å². The minimum Gasteiger partial charge on any atom is -0.376 e. The van der Waals surface area contributed by atoms with Crippen LogP contribution in [0.1, 0.15) is 49.4 Å². The van der Waals surface area contributed by atoms with E-state index in [9.17, 15) is 9.59 Å². The van der Waals surface area contributed by atoms with Gasteiger partial charge in [-0.25, -0.2) is 0 Å². The number of hydrogen-bond donors (Lipinski definition) is 2. The Kier molecular flexibility index (Phi) is 5.91. The highest BCUT2D eigenvalue weighted by molar-refractivity contribution is 6.02. The Labute approximate surface area is 148 Å². The molecule has 0 spiro atoms. The fourth-order valence-corrected chi connectivity index (χ4v) is 3.52. The summed E-state index contributed by atoms with van der Waals surface area (Å²) in [7, 11) is 0. The molecule has 2 N–H and O–H groups in total. The number of benzene rings is 1. The van der Waals surface area contributed by atoms with Crippen molar-refractivity contribution in [2.75, 3.05) is 36.5 Å². The zero-order valence-corrected chi connectivity index (χ0v) is 14.8. The second kappa shape index (κ2) is 8.34. The third-order valence-corrected chi connectivity index (χ3v) is 4.77. The Balaban J connectivity index is 1.78. The highest BCUT2D eigenvalue weighted by atomic mass is 16.5. The average Bonchev–Trinajstić information content (AvgIpc) is 3.13. The maximum Gasteiger partial charge on any atom is 0.253 e. The Morgan fingerprint density at radius 2 is 2.00 bits per heavy atom. The van der Waals surface area contributed by atoms with Crippen LogP contribution >= 0.6 is 0 Å². The minimum atomic E-state index is -0.142. The van der Waals surface area contributed by atoms with E-state index in [1.165, 1.54) is 13.3 Å². The summed E-state index contributed by atoms with van der Waals surface area (Å²) in [6.45, 7) is 4.70. The molecule has 0 radical (unpaired) electrons. The zero-order valence-electron chi connectivity index (χ0n) is 14.8. The number of piperidine rings is 1. The van der Waals surface area contributed by atoms with Crippen LogP contribution < -0.4 is 15.5 Å². The summed E-state index contributed by atoms with van der Waals surface area (Å²) in [6, 6.07) is 5.58. The molecule has 3 rings (SSSR count). The monoisotopic (exact) mass is 345 g/mol. The van der Waals surface area contributed by atoms with Crippen molar-refractivity contribution in [2.24, 2.45) is 0 Å². The number of carbonyl (C=O) groups is 2. The highest BCUT2D eigenvalue weighted by Gasteiger charge is 2.21. The molecule has 6 heteroatoms. The summed E-state index contributed by atoms with van der Waals surface area (Å²) in [6.07, 6.45) is 5.68. The fourth-order valence-electron chi connectivity index (χ4n) is 3.52. The molecule has 136 valence electrons. The molecule has 2 saturated heterocycles. The maximum absolute atomic E-state index is 12.8. The lowest BCUT2D eigenvalue weighted by Crippen LogP contribution is -2.35. The molecule has 2 amide bonds. The van der Waals surface area contributed by atoms with Gasteiger partial charge < -0.3 is 20.3 Å². The maximum atomic E-state index is 12.8. The molecule has 1 atom stereocenters. The lowest BCUT2D eigenvalue weighted by Gasteiger charge is -2.30. The molecule has 0 saturated carbocycles. The van der Waals surface area contributed by atoms with Gasteiger partial charge >= 0.3 is 0 Å². The van der Waals surface area contributed by atoms with E-state index in [1.54, 1.807) is 6.07 Å². The lowest BCUT2D eigenvalue weighted by molar-refractivity contribution is -0.114. The van der Waals surface area contributed by atoms with Gasteiger partial charge in [-0.2, -0.15) is 0 Å². The largest absolute Gasteiger partial charge is 0.376 e. The average molecular weight is 345 g/mol. The summed E-state index contributed by atoms with van der Waals surface area (Å²) in [4.78, 5) is 26.4. The smallest absolute Gasteiger partial charge is 0.253 e. The highest BCUT2D eigenvalue weighted by Crippen LogP contribution is 2.27. The SMILES string of the molecule is CC(=O)Nc1ccc(N2CCCCC2)c(C(=O)NCC2CCCO2)c1. The summed E-state index contributed by atoms with van der Waals surface area (Å²) >= 11 is 0. The third-order valence-electron chi connectivity index (χ3n) is 4.77. The Bertz CT molecular complexity index is 620. The molecule has 0 aromatic heterocycles. The number of carbonyl (C=O) groups excluding carboxylic acids is 2. The molecule has 2 fully saturated rings. The van der Waals surface area contributed by atoms with Crippen LogP contribution in [0, 0.1) is 0 Å². The number of anilines is 2. The van der Waals surface area contributed by atoms with E-state index in [4.69, 9.17) is 4.74 Å². The van der Waals surface area contributed by atoms with Gasteiger partial charge in [-0.05, 0) is 50.3 Å². The standard InChI is InChI=1S/C19H27N3O3/c1-14(23)21-15-7-8-18(22-9-3-2-4-10-22)17(12-15)19(24)20-13-16-6-5-11-25-16/h7-8,12,16H,2-6,9-11,13H2,1H3,(H,20,24)(H,21,23). The van der Waals surface area contributed by atoms with Gasteiger partial charge in [0.25, 0.3) is 5.91 Å². The Hall–Kier alpha value is -2.08. The molecule has 25 heavy (non-hydrogen) atoms. The Morgan fingerprint density at radius 3 is 2.68 bits per heavy atom. The van der Waals surface area contributed by atoms with E-state index in [0.29, 0.717) is 17.8 Å². The first-order valence-electron chi connectivity index (χ1n) is 9.20. The number of amides is 2. The van der Waals surface area contributed by atoms with Gasteiger partial charge in [-0.1, -0.05) is 0 Å². The van der Waals surface area contributed by atoms with Gasteiger partial charge in [-0.3, -0.25) is 9.59 Å². The van der Waals surface area contributed by atoms with Gasteiger partial charge in [0.05, 0.1) is 11.7 Å².